The minimum absolute atomic E-state index is 0.182. The predicted octanol–water partition coefficient (Wildman–Crippen LogP) is 2.23. The van der Waals surface area contributed by atoms with Crippen molar-refractivity contribution in [2.24, 2.45) is 0 Å². The summed E-state index contributed by atoms with van der Waals surface area (Å²) in [5.41, 5.74) is 0.769. The van der Waals surface area contributed by atoms with Crippen LogP contribution in [0.25, 0.3) is 10.9 Å². The molecule has 5 nitrogen and oxygen atoms in total. The number of rotatable bonds is 2. The van der Waals surface area contributed by atoms with Crippen molar-refractivity contribution < 1.29 is 19.4 Å². The Hall–Kier alpha value is -2.17. The average Bonchev–Trinajstić information content (AvgIpc) is 2.58. The zero-order valence-corrected chi connectivity index (χ0v) is 7.98. The standard InChI is InChI=1S/C10H9NO4/c1-14-8-4-2-3-7-6(8)5-9(11-7)15-10(12)13/h2-5,11H,1H3,(H,12,13). The van der Waals surface area contributed by atoms with Gasteiger partial charge in [0, 0.05) is 11.5 Å². The van der Waals surface area contributed by atoms with Gasteiger partial charge in [0.15, 0.2) is 0 Å². The number of hydrogen-bond acceptors (Lipinski definition) is 3. The lowest BCUT2D eigenvalue weighted by molar-refractivity contribution is 0.143. The van der Waals surface area contributed by atoms with Gasteiger partial charge in [0.2, 0.25) is 5.88 Å². The van der Waals surface area contributed by atoms with Gasteiger partial charge < -0.3 is 19.6 Å². The Kier molecular flexibility index (Phi) is 2.21. The van der Waals surface area contributed by atoms with Crippen molar-refractivity contribution in [1.29, 1.82) is 0 Å². The van der Waals surface area contributed by atoms with E-state index in [-0.39, 0.29) is 5.88 Å². The first-order valence-corrected chi connectivity index (χ1v) is 4.27. The second-order valence-electron chi connectivity index (χ2n) is 2.92. The molecule has 1 aromatic heterocycles. The normalized spacial score (nSPS) is 10.2. The number of benzene rings is 1. The summed E-state index contributed by atoms with van der Waals surface area (Å²) >= 11 is 0. The Morgan fingerprint density at radius 2 is 2.27 bits per heavy atom. The Labute approximate surface area is 85.2 Å². The number of nitrogens with one attached hydrogen (secondary N) is 1. The highest BCUT2D eigenvalue weighted by atomic mass is 16.7. The molecule has 0 aliphatic rings. The maximum Gasteiger partial charge on any atom is 0.512 e. The molecule has 0 fully saturated rings. The molecule has 0 atom stereocenters. The maximum absolute atomic E-state index is 10.3. The largest absolute Gasteiger partial charge is 0.512 e. The van der Waals surface area contributed by atoms with Gasteiger partial charge in [-0.25, -0.2) is 4.79 Å². The molecule has 0 saturated heterocycles. The van der Waals surface area contributed by atoms with E-state index in [0.717, 1.165) is 10.9 Å². The monoisotopic (exact) mass is 207 g/mol. The van der Waals surface area contributed by atoms with E-state index in [2.05, 4.69) is 9.72 Å². The summed E-state index contributed by atoms with van der Waals surface area (Å²) in [6.07, 6.45) is -1.35. The summed E-state index contributed by atoms with van der Waals surface area (Å²) in [6.45, 7) is 0. The fraction of sp³-hybridized carbons (Fsp3) is 0.100. The summed E-state index contributed by atoms with van der Waals surface area (Å²) in [6, 6.07) is 7.00. The first-order chi connectivity index (χ1) is 7.20. The molecule has 5 heteroatoms. The van der Waals surface area contributed by atoms with Crippen LogP contribution in [0.3, 0.4) is 0 Å². The number of carboxylic acid groups (broad SMARTS) is 1. The second-order valence-corrected chi connectivity index (χ2v) is 2.92. The molecular formula is C10H9NO4. The van der Waals surface area contributed by atoms with Crippen molar-refractivity contribution in [3.8, 4) is 11.6 Å². The third-order valence-corrected chi connectivity index (χ3v) is 2.02. The molecule has 0 aliphatic heterocycles. The third-order valence-electron chi connectivity index (χ3n) is 2.02. The Balaban J connectivity index is 2.50. The van der Waals surface area contributed by atoms with Gasteiger partial charge in [-0.1, -0.05) is 6.07 Å². The fourth-order valence-electron chi connectivity index (χ4n) is 1.43. The first kappa shape index (κ1) is 9.39. The summed E-state index contributed by atoms with van der Waals surface area (Å²) in [7, 11) is 1.56. The molecule has 15 heavy (non-hydrogen) atoms. The Bertz CT molecular complexity index is 503. The van der Waals surface area contributed by atoms with Crippen LogP contribution >= 0.6 is 0 Å². The van der Waals surface area contributed by atoms with E-state index >= 15 is 0 Å². The van der Waals surface area contributed by atoms with Gasteiger partial charge in [-0.3, -0.25) is 0 Å². The second kappa shape index (κ2) is 3.53. The number of aromatic nitrogens is 1. The summed E-state index contributed by atoms with van der Waals surface area (Å²) < 4.78 is 9.63. The summed E-state index contributed by atoms with van der Waals surface area (Å²) in [4.78, 5) is 13.1. The Morgan fingerprint density at radius 1 is 1.47 bits per heavy atom. The summed E-state index contributed by atoms with van der Waals surface area (Å²) in [5.74, 6) is 0.853. The maximum atomic E-state index is 10.3. The highest BCUT2D eigenvalue weighted by molar-refractivity contribution is 5.88. The van der Waals surface area contributed by atoms with Gasteiger partial charge in [0.05, 0.1) is 12.6 Å². The highest BCUT2D eigenvalue weighted by Gasteiger charge is 2.08. The van der Waals surface area contributed by atoms with Crippen LogP contribution in [-0.4, -0.2) is 23.4 Å². The number of aromatic amines is 1. The quantitative estimate of drug-likeness (QED) is 0.740. The van der Waals surface area contributed by atoms with E-state index in [9.17, 15) is 4.79 Å². The van der Waals surface area contributed by atoms with Crippen LogP contribution < -0.4 is 9.47 Å². The van der Waals surface area contributed by atoms with E-state index in [0.29, 0.717) is 5.75 Å². The van der Waals surface area contributed by atoms with Crippen LogP contribution in [0, 0.1) is 0 Å². The average molecular weight is 207 g/mol. The van der Waals surface area contributed by atoms with E-state index < -0.39 is 6.16 Å². The van der Waals surface area contributed by atoms with E-state index in [1.165, 1.54) is 0 Å². The number of methoxy groups -OCH3 is 1. The highest BCUT2D eigenvalue weighted by Crippen LogP contribution is 2.28. The van der Waals surface area contributed by atoms with Crippen LogP contribution in [0.4, 0.5) is 4.79 Å². The Morgan fingerprint density at radius 3 is 2.93 bits per heavy atom. The van der Waals surface area contributed by atoms with Crippen LogP contribution in [0.2, 0.25) is 0 Å². The molecule has 2 rings (SSSR count). The van der Waals surface area contributed by atoms with Gasteiger partial charge in [-0.15, -0.1) is 0 Å². The van der Waals surface area contributed by atoms with Gasteiger partial charge in [0.25, 0.3) is 0 Å². The van der Waals surface area contributed by atoms with Crippen molar-refractivity contribution in [2.45, 2.75) is 0 Å². The number of hydrogen-bond donors (Lipinski definition) is 2. The van der Waals surface area contributed by atoms with Crippen molar-refractivity contribution >= 4 is 17.1 Å². The van der Waals surface area contributed by atoms with Crippen LogP contribution in [0.5, 0.6) is 11.6 Å². The van der Waals surface area contributed by atoms with Crippen molar-refractivity contribution in [3.05, 3.63) is 24.3 Å². The zero-order chi connectivity index (χ0) is 10.8. The van der Waals surface area contributed by atoms with E-state index in [4.69, 9.17) is 9.84 Å². The fourth-order valence-corrected chi connectivity index (χ4v) is 1.43. The SMILES string of the molecule is COc1cccc2[nH]c(OC(=O)O)cc12. The predicted molar refractivity (Wildman–Crippen MR) is 53.5 cm³/mol. The van der Waals surface area contributed by atoms with Crippen LogP contribution in [0.1, 0.15) is 0 Å². The molecule has 0 amide bonds. The molecule has 1 heterocycles. The molecule has 0 saturated carbocycles. The van der Waals surface area contributed by atoms with Gasteiger partial charge in [0.1, 0.15) is 5.75 Å². The minimum Gasteiger partial charge on any atom is -0.496 e. The molecule has 2 aromatic rings. The molecule has 0 spiro atoms. The molecule has 0 unspecified atom stereocenters. The van der Waals surface area contributed by atoms with Crippen molar-refractivity contribution in [2.75, 3.05) is 7.11 Å². The third kappa shape index (κ3) is 1.71. The lowest BCUT2D eigenvalue weighted by atomic mass is 10.2. The molecule has 2 N–H and O–H groups in total. The summed E-state index contributed by atoms with van der Waals surface area (Å²) in [5, 5.41) is 9.23. The molecule has 1 aromatic carbocycles. The number of fused-ring (bicyclic) bond motifs is 1. The molecular weight excluding hydrogens is 198 g/mol. The lowest BCUT2D eigenvalue weighted by Gasteiger charge is -1.98. The lowest BCUT2D eigenvalue weighted by Crippen LogP contribution is -2.02. The minimum atomic E-state index is -1.35. The number of ether oxygens (including phenoxy) is 2. The molecule has 0 aliphatic carbocycles. The zero-order valence-electron chi connectivity index (χ0n) is 7.98. The van der Waals surface area contributed by atoms with Crippen LogP contribution in [0.15, 0.2) is 24.3 Å². The van der Waals surface area contributed by atoms with E-state index in [1.807, 2.05) is 12.1 Å². The molecule has 0 bridgehead atoms. The van der Waals surface area contributed by atoms with Gasteiger partial charge in [-0.05, 0) is 12.1 Å². The first-order valence-electron chi connectivity index (χ1n) is 4.27. The van der Waals surface area contributed by atoms with Crippen LogP contribution in [-0.2, 0) is 0 Å². The molecule has 78 valence electrons. The van der Waals surface area contributed by atoms with Crippen molar-refractivity contribution in [3.63, 3.8) is 0 Å². The molecule has 0 radical (unpaired) electrons. The number of H-pyrrole nitrogens is 1. The number of carbonyl (C=O) groups is 1. The smallest absolute Gasteiger partial charge is 0.496 e. The van der Waals surface area contributed by atoms with Crippen molar-refractivity contribution in [1.82, 2.24) is 4.98 Å². The van der Waals surface area contributed by atoms with Gasteiger partial charge >= 0.3 is 6.16 Å². The topological polar surface area (TPSA) is 71.5 Å². The van der Waals surface area contributed by atoms with Gasteiger partial charge in [-0.2, -0.15) is 0 Å². The van der Waals surface area contributed by atoms with E-state index in [1.54, 1.807) is 19.2 Å².